The van der Waals surface area contributed by atoms with Gasteiger partial charge in [0.15, 0.2) is 0 Å². The fraction of sp³-hybridized carbons (Fsp3) is 0.188. The van der Waals surface area contributed by atoms with Crippen LogP contribution in [0.15, 0.2) is 90.0 Å². The van der Waals surface area contributed by atoms with Crippen LogP contribution in [0.1, 0.15) is 46.6 Å². The van der Waals surface area contributed by atoms with E-state index >= 15 is 0 Å². The molecule has 2 atom stereocenters. The summed E-state index contributed by atoms with van der Waals surface area (Å²) in [5.74, 6) is 0.704. The summed E-state index contributed by atoms with van der Waals surface area (Å²) in [5, 5.41) is 3.34. The number of benzene rings is 3. The third-order valence-electron chi connectivity index (χ3n) is 8.28. The highest BCUT2D eigenvalue weighted by atomic mass is 28.3. The predicted molar refractivity (Wildman–Crippen MR) is 144 cm³/mol. The van der Waals surface area contributed by atoms with Crippen LogP contribution in [0.3, 0.4) is 0 Å². The summed E-state index contributed by atoms with van der Waals surface area (Å²) in [6.45, 7) is 9.61. The second-order valence-electron chi connectivity index (χ2n) is 10.7. The van der Waals surface area contributed by atoms with Crippen LogP contribution in [0, 0.1) is 6.92 Å². The van der Waals surface area contributed by atoms with Crippen LogP contribution in [-0.4, -0.2) is 8.07 Å². The van der Waals surface area contributed by atoms with E-state index in [1.54, 1.807) is 21.5 Å². The number of hydrogen-bond donors (Lipinski definition) is 0. The SMILES string of the molecule is CC1=Cc2cc3c(c(-c4ccccc4)c2C1C1=C2C=CC=CC2c2ccc(C)cc21)[Si]3(C)C. The molecule has 0 N–H and O–H groups in total. The Morgan fingerprint density at radius 2 is 1.70 bits per heavy atom. The molecule has 4 aliphatic rings. The first kappa shape index (κ1) is 19.3. The molecule has 0 fully saturated rings. The van der Waals surface area contributed by atoms with Crippen molar-refractivity contribution in [3.63, 3.8) is 0 Å². The minimum Gasteiger partial charge on any atom is -0.0726 e. The van der Waals surface area contributed by atoms with E-state index in [9.17, 15) is 0 Å². The van der Waals surface area contributed by atoms with Gasteiger partial charge in [-0.25, -0.2) is 0 Å². The highest BCUT2D eigenvalue weighted by Crippen LogP contribution is 2.56. The summed E-state index contributed by atoms with van der Waals surface area (Å²) >= 11 is 0. The van der Waals surface area contributed by atoms with Crippen LogP contribution in [0.5, 0.6) is 0 Å². The Balaban J connectivity index is 1.54. The van der Waals surface area contributed by atoms with Gasteiger partial charge in [-0.15, -0.1) is 0 Å². The van der Waals surface area contributed by atoms with Crippen molar-refractivity contribution in [1.82, 2.24) is 0 Å². The molecule has 7 rings (SSSR count). The van der Waals surface area contributed by atoms with Crippen molar-refractivity contribution in [3.05, 3.63) is 118 Å². The van der Waals surface area contributed by atoms with Crippen LogP contribution in [-0.2, 0) is 0 Å². The van der Waals surface area contributed by atoms with E-state index in [4.69, 9.17) is 0 Å². The first-order valence-electron chi connectivity index (χ1n) is 12.1. The Hall–Kier alpha value is -3.16. The van der Waals surface area contributed by atoms with Gasteiger partial charge in [-0.3, -0.25) is 0 Å². The van der Waals surface area contributed by atoms with Crippen molar-refractivity contribution < 1.29 is 0 Å². The summed E-state index contributed by atoms with van der Waals surface area (Å²) in [6.07, 6.45) is 11.7. The zero-order chi connectivity index (χ0) is 22.5. The monoisotopic (exact) mass is 440 g/mol. The molecule has 1 aliphatic heterocycles. The molecule has 0 spiro atoms. The molecule has 3 aliphatic carbocycles. The summed E-state index contributed by atoms with van der Waals surface area (Å²) in [4.78, 5) is 0. The molecular weight excluding hydrogens is 412 g/mol. The lowest BCUT2D eigenvalue weighted by Crippen LogP contribution is -2.18. The molecule has 160 valence electrons. The predicted octanol–water partition coefficient (Wildman–Crippen LogP) is 6.98. The maximum atomic E-state index is 2.54. The van der Waals surface area contributed by atoms with E-state index in [1.807, 2.05) is 0 Å². The molecule has 1 heterocycles. The van der Waals surface area contributed by atoms with Crippen LogP contribution in [0.25, 0.3) is 22.8 Å². The van der Waals surface area contributed by atoms with Gasteiger partial charge in [0.25, 0.3) is 0 Å². The Morgan fingerprint density at radius 1 is 0.879 bits per heavy atom. The maximum absolute atomic E-state index is 2.54. The number of allylic oxidation sites excluding steroid dienone is 7. The van der Waals surface area contributed by atoms with Gasteiger partial charge < -0.3 is 0 Å². The van der Waals surface area contributed by atoms with E-state index in [2.05, 4.69) is 112 Å². The quantitative estimate of drug-likeness (QED) is 0.377. The molecule has 0 saturated carbocycles. The molecule has 2 unspecified atom stereocenters. The van der Waals surface area contributed by atoms with E-state index in [1.165, 1.54) is 44.5 Å². The molecule has 3 aromatic carbocycles. The van der Waals surface area contributed by atoms with Gasteiger partial charge in [-0.2, -0.15) is 0 Å². The molecule has 0 radical (unpaired) electrons. The van der Waals surface area contributed by atoms with Crippen LogP contribution in [0.4, 0.5) is 0 Å². The van der Waals surface area contributed by atoms with Crippen molar-refractivity contribution in [1.29, 1.82) is 0 Å². The third-order valence-corrected chi connectivity index (χ3v) is 11.5. The van der Waals surface area contributed by atoms with Crippen LogP contribution < -0.4 is 10.4 Å². The van der Waals surface area contributed by atoms with Gasteiger partial charge >= 0.3 is 0 Å². The fourth-order valence-corrected chi connectivity index (χ4v) is 10.1. The second-order valence-corrected chi connectivity index (χ2v) is 15.0. The van der Waals surface area contributed by atoms with Gasteiger partial charge in [-0.05, 0) is 63.6 Å². The number of rotatable bonds is 2. The van der Waals surface area contributed by atoms with E-state index in [0.717, 1.165) is 0 Å². The first-order chi connectivity index (χ1) is 16.0. The lowest BCUT2D eigenvalue weighted by Gasteiger charge is -2.23. The summed E-state index contributed by atoms with van der Waals surface area (Å²) in [6, 6.07) is 20.8. The zero-order valence-corrected chi connectivity index (χ0v) is 20.7. The number of hydrogen-bond acceptors (Lipinski definition) is 0. The van der Waals surface area contributed by atoms with Crippen molar-refractivity contribution in [2.75, 3.05) is 0 Å². The van der Waals surface area contributed by atoms with Gasteiger partial charge in [0.1, 0.15) is 8.07 Å². The molecule has 0 nitrogen and oxygen atoms in total. The molecule has 1 heteroatoms. The minimum absolute atomic E-state index is 0.322. The van der Waals surface area contributed by atoms with E-state index in [0.29, 0.717) is 11.8 Å². The van der Waals surface area contributed by atoms with Crippen molar-refractivity contribution >= 4 is 30.1 Å². The summed E-state index contributed by atoms with van der Waals surface area (Å²) < 4.78 is 0. The van der Waals surface area contributed by atoms with Gasteiger partial charge in [0.05, 0.1) is 0 Å². The Morgan fingerprint density at radius 3 is 2.52 bits per heavy atom. The molecule has 3 aromatic rings. The van der Waals surface area contributed by atoms with Crippen molar-refractivity contribution in [2.24, 2.45) is 0 Å². The molecule has 0 saturated heterocycles. The third kappa shape index (κ3) is 2.52. The minimum atomic E-state index is -1.45. The highest BCUT2D eigenvalue weighted by Gasteiger charge is 2.49. The lowest BCUT2D eigenvalue weighted by atomic mass is 9.80. The smallest absolute Gasteiger partial charge is 0.0726 e. The van der Waals surface area contributed by atoms with Crippen molar-refractivity contribution in [3.8, 4) is 11.1 Å². The van der Waals surface area contributed by atoms with Gasteiger partial charge in [0.2, 0.25) is 0 Å². The van der Waals surface area contributed by atoms with E-state index in [-0.39, 0.29) is 0 Å². The van der Waals surface area contributed by atoms with E-state index < -0.39 is 8.07 Å². The molecule has 0 amide bonds. The Kier molecular flexibility index (Phi) is 3.78. The van der Waals surface area contributed by atoms with Crippen LogP contribution >= 0.6 is 0 Å². The first-order valence-corrected chi connectivity index (χ1v) is 15.1. The lowest BCUT2D eigenvalue weighted by molar-refractivity contribution is 1.02. The fourth-order valence-electron chi connectivity index (χ4n) is 6.70. The van der Waals surface area contributed by atoms with Gasteiger partial charge in [0, 0.05) is 11.8 Å². The van der Waals surface area contributed by atoms with Crippen molar-refractivity contribution in [2.45, 2.75) is 38.8 Å². The normalized spacial score (nSPS) is 22.6. The maximum Gasteiger partial charge on any atom is 0.112 e. The molecule has 0 bridgehead atoms. The van der Waals surface area contributed by atoms with Gasteiger partial charge in [-0.1, -0.05) is 114 Å². The largest absolute Gasteiger partial charge is 0.112 e. The molecule has 33 heavy (non-hydrogen) atoms. The molecule has 0 aromatic heterocycles. The standard InChI is InChI=1S/C32H28Si/c1-19-14-15-24-23-12-8-9-13-25(23)31(26(24)16-19)28-20(2)17-22-18-27-32(33(27,3)4)30(29(22)28)21-10-6-5-7-11-21/h5-18,23,28H,1-4H3. The topological polar surface area (TPSA) is 0 Å². The molecular formula is C32H28Si. The highest BCUT2D eigenvalue weighted by molar-refractivity contribution is 7.16. The average Bonchev–Trinajstić information content (AvgIpc) is 3.07. The zero-order valence-electron chi connectivity index (χ0n) is 19.7. The Bertz CT molecular complexity index is 1490. The van der Waals surface area contributed by atoms with Crippen LogP contribution in [0.2, 0.25) is 13.1 Å². The second kappa shape index (κ2) is 6.45. The average molecular weight is 441 g/mol. The number of aryl methyl sites for hydroxylation is 1. The summed E-state index contributed by atoms with van der Waals surface area (Å²) in [5.41, 5.74) is 14.7. The summed E-state index contributed by atoms with van der Waals surface area (Å²) in [7, 11) is -1.45. The number of fused-ring (bicyclic) bond motifs is 5. The Labute approximate surface area is 197 Å².